The van der Waals surface area contributed by atoms with Gasteiger partial charge < -0.3 is 4.84 Å². The SMILES string of the molecule is CCO/N=C(\C)c1csc(Br)c1. The van der Waals surface area contributed by atoms with Gasteiger partial charge >= 0.3 is 0 Å². The summed E-state index contributed by atoms with van der Waals surface area (Å²) in [5.41, 5.74) is 2.03. The van der Waals surface area contributed by atoms with Crippen molar-refractivity contribution in [3.63, 3.8) is 0 Å². The monoisotopic (exact) mass is 247 g/mol. The Bertz CT molecular complexity index is 282. The van der Waals surface area contributed by atoms with Gasteiger partial charge in [-0.3, -0.25) is 0 Å². The van der Waals surface area contributed by atoms with E-state index >= 15 is 0 Å². The van der Waals surface area contributed by atoms with Gasteiger partial charge in [-0.05, 0) is 35.8 Å². The molecule has 0 atom stereocenters. The second-order valence-electron chi connectivity index (χ2n) is 2.23. The van der Waals surface area contributed by atoms with Gasteiger partial charge in [0.05, 0.1) is 9.50 Å². The zero-order valence-corrected chi connectivity index (χ0v) is 9.41. The molecule has 4 heteroatoms. The van der Waals surface area contributed by atoms with Crippen LogP contribution in [0.25, 0.3) is 0 Å². The van der Waals surface area contributed by atoms with Crippen molar-refractivity contribution in [2.45, 2.75) is 13.8 Å². The van der Waals surface area contributed by atoms with Gasteiger partial charge in [0, 0.05) is 10.9 Å². The van der Waals surface area contributed by atoms with E-state index < -0.39 is 0 Å². The van der Waals surface area contributed by atoms with Crippen LogP contribution in [0.4, 0.5) is 0 Å². The van der Waals surface area contributed by atoms with E-state index in [1.54, 1.807) is 11.3 Å². The van der Waals surface area contributed by atoms with Crippen LogP contribution in [0.15, 0.2) is 20.4 Å². The molecule has 0 radical (unpaired) electrons. The zero-order chi connectivity index (χ0) is 8.97. The number of oxime groups is 1. The molecule has 0 aliphatic carbocycles. The van der Waals surface area contributed by atoms with Crippen molar-refractivity contribution >= 4 is 33.0 Å². The lowest BCUT2D eigenvalue weighted by molar-refractivity contribution is 0.159. The molecule has 0 bridgehead atoms. The molecule has 0 aromatic carbocycles. The van der Waals surface area contributed by atoms with E-state index in [0.717, 1.165) is 15.1 Å². The second-order valence-corrected chi connectivity index (χ2v) is 4.52. The molecule has 2 nitrogen and oxygen atoms in total. The Balaban J connectivity index is 2.70. The molecule has 1 heterocycles. The molecule has 0 saturated heterocycles. The maximum atomic E-state index is 4.94. The first-order valence-electron chi connectivity index (χ1n) is 3.65. The van der Waals surface area contributed by atoms with E-state index in [-0.39, 0.29) is 0 Å². The predicted octanol–water partition coefficient (Wildman–Crippen LogP) is 3.27. The normalized spacial score (nSPS) is 11.8. The molecule has 0 amide bonds. The molecular formula is C8H10BrNOS. The quantitative estimate of drug-likeness (QED) is 0.594. The first-order chi connectivity index (χ1) is 5.74. The highest BCUT2D eigenvalue weighted by Gasteiger charge is 2.00. The Labute approximate surface area is 84.4 Å². The highest BCUT2D eigenvalue weighted by Crippen LogP contribution is 2.21. The first-order valence-corrected chi connectivity index (χ1v) is 5.32. The second kappa shape index (κ2) is 4.62. The van der Waals surface area contributed by atoms with E-state index in [9.17, 15) is 0 Å². The molecule has 1 rings (SSSR count). The predicted molar refractivity (Wildman–Crippen MR) is 55.9 cm³/mol. The average molecular weight is 248 g/mol. The van der Waals surface area contributed by atoms with Crippen LogP contribution in [0.5, 0.6) is 0 Å². The van der Waals surface area contributed by atoms with Crippen molar-refractivity contribution in [1.82, 2.24) is 0 Å². The molecule has 0 fully saturated rings. The molecule has 0 saturated carbocycles. The summed E-state index contributed by atoms with van der Waals surface area (Å²) >= 11 is 5.04. The number of nitrogens with zero attached hydrogens (tertiary/aromatic N) is 1. The van der Waals surface area contributed by atoms with Gasteiger partial charge in [-0.1, -0.05) is 5.16 Å². The summed E-state index contributed by atoms with van der Waals surface area (Å²) in [6, 6.07) is 2.03. The van der Waals surface area contributed by atoms with Crippen molar-refractivity contribution < 1.29 is 4.84 Å². The summed E-state index contributed by atoms with van der Waals surface area (Å²) in [6.45, 7) is 4.47. The fraction of sp³-hybridized carbons (Fsp3) is 0.375. The lowest BCUT2D eigenvalue weighted by atomic mass is 10.2. The molecule has 0 N–H and O–H groups in total. The Morgan fingerprint density at radius 2 is 2.50 bits per heavy atom. The van der Waals surface area contributed by atoms with Crippen LogP contribution in [-0.4, -0.2) is 12.3 Å². The number of hydrogen-bond donors (Lipinski definition) is 0. The van der Waals surface area contributed by atoms with Crippen LogP contribution >= 0.6 is 27.3 Å². The maximum Gasteiger partial charge on any atom is 0.114 e. The lowest BCUT2D eigenvalue weighted by Gasteiger charge is -1.95. The van der Waals surface area contributed by atoms with Gasteiger partial charge in [0.15, 0.2) is 0 Å². The van der Waals surface area contributed by atoms with Crippen LogP contribution in [-0.2, 0) is 4.84 Å². The molecule has 0 unspecified atom stereocenters. The smallest absolute Gasteiger partial charge is 0.114 e. The summed E-state index contributed by atoms with van der Waals surface area (Å²) in [7, 11) is 0. The molecule has 12 heavy (non-hydrogen) atoms. The molecule has 1 aromatic rings. The van der Waals surface area contributed by atoms with Gasteiger partial charge in [-0.2, -0.15) is 0 Å². The largest absolute Gasteiger partial charge is 0.396 e. The van der Waals surface area contributed by atoms with Crippen molar-refractivity contribution in [3.8, 4) is 0 Å². The minimum Gasteiger partial charge on any atom is -0.396 e. The lowest BCUT2D eigenvalue weighted by Crippen LogP contribution is -1.93. The third-order valence-corrected chi connectivity index (χ3v) is 2.82. The molecule has 0 aliphatic heterocycles. The summed E-state index contributed by atoms with van der Waals surface area (Å²) in [5.74, 6) is 0. The summed E-state index contributed by atoms with van der Waals surface area (Å²) in [4.78, 5) is 4.94. The Hall–Kier alpha value is -0.350. The van der Waals surface area contributed by atoms with E-state index in [1.165, 1.54) is 0 Å². The third kappa shape index (κ3) is 2.60. The number of hydrogen-bond acceptors (Lipinski definition) is 3. The molecule has 66 valence electrons. The molecule has 1 aromatic heterocycles. The van der Waals surface area contributed by atoms with Gasteiger partial charge in [0.2, 0.25) is 0 Å². The van der Waals surface area contributed by atoms with E-state index in [0.29, 0.717) is 6.61 Å². The van der Waals surface area contributed by atoms with Crippen LogP contribution in [0.3, 0.4) is 0 Å². The van der Waals surface area contributed by atoms with E-state index in [4.69, 9.17) is 4.84 Å². The van der Waals surface area contributed by atoms with E-state index in [1.807, 2.05) is 25.3 Å². The van der Waals surface area contributed by atoms with Crippen molar-refractivity contribution in [2.75, 3.05) is 6.61 Å². The van der Waals surface area contributed by atoms with E-state index in [2.05, 4.69) is 21.1 Å². The van der Waals surface area contributed by atoms with Crippen LogP contribution in [0.1, 0.15) is 19.4 Å². The highest BCUT2D eigenvalue weighted by molar-refractivity contribution is 9.11. The standard InChI is InChI=1S/C8H10BrNOS/c1-3-11-10-6(2)7-4-8(9)12-5-7/h4-5H,3H2,1-2H3/b10-6+. The van der Waals surface area contributed by atoms with Crippen molar-refractivity contribution in [3.05, 3.63) is 20.8 Å². The molecular weight excluding hydrogens is 238 g/mol. The number of rotatable bonds is 3. The Morgan fingerprint density at radius 3 is 3.00 bits per heavy atom. The third-order valence-electron chi connectivity index (χ3n) is 1.32. The van der Waals surface area contributed by atoms with Crippen LogP contribution in [0, 0.1) is 0 Å². The van der Waals surface area contributed by atoms with Gasteiger partial charge in [0.1, 0.15) is 6.61 Å². The van der Waals surface area contributed by atoms with Crippen molar-refractivity contribution in [2.24, 2.45) is 5.16 Å². The fourth-order valence-electron chi connectivity index (χ4n) is 0.714. The van der Waals surface area contributed by atoms with Gasteiger partial charge in [-0.25, -0.2) is 0 Å². The van der Waals surface area contributed by atoms with Crippen LogP contribution in [0.2, 0.25) is 0 Å². The fourth-order valence-corrected chi connectivity index (χ4v) is 1.91. The minimum atomic E-state index is 0.614. The topological polar surface area (TPSA) is 21.6 Å². The molecule has 0 aliphatic rings. The Kier molecular flexibility index (Phi) is 3.75. The number of thiophene rings is 1. The summed E-state index contributed by atoms with van der Waals surface area (Å²) in [5, 5.41) is 5.97. The molecule has 0 spiro atoms. The summed E-state index contributed by atoms with van der Waals surface area (Å²) in [6.07, 6.45) is 0. The first kappa shape index (κ1) is 9.74. The average Bonchev–Trinajstić information content (AvgIpc) is 2.47. The van der Waals surface area contributed by atoms with Crippen molar-refractivity contribution in [1.29, 1.82) is 0 Å². The van der Waals surface area contributed by atoms with Gasteiger partial charge in [-0.15, -0.1) is 11.3 Å². The summed E-state index contributed by atoms with van der Waals surface area (Å²) < 4.78 is 1.11. The Morgan fingerprint density at radius 1 is 1.75 bits per heavy atom. The number of halogens is 1. The van der Waals surface area contributed by atoms with Crippen LogP contribution < -0.4 is 0 Å². The maximum absolute atomic E-state index is 4.94. The van der Waals surface area contributed by atoms with Gasteiger partial charge in [0.25, 0.3) is 0 Å². The highest BCUT2D eigenvalue weighted by atomic mass is 79.9. The minimum absolute atomic E-state index is 0.614. The zero-order valence-electron chi connectivity index (χ0n) is 7.00.